The maximum atomic E-state index is 10.5. The fourth-order valence-electron chi connectivity index (χ4n) is 2.85. The second-order valence-electron chi connectivity index (χ2n) is 5.10. The van der Waals surface area contributed by atoms with Crippen molar-refractivity contribution in [2.45, 2.75) is 45.3 Å². The van der Waals surface area contributed by atoms with Crippen LogP contribution >= 0.6 is 0 Å². The maximum absolute atomic E-state index is 10.5. The topological polar surface area (TPSA) is 20.3 Å². The summed E-state index contributed by atoms with van der Waals surface area (Å²) in [4.78, 5) is 13.0. The van der Waals surface area contributed by atoms with Crippen molar-refractivity contribution in [3.63, 3.8) is 0 Å². The summed E-state index contributed by atoms with van der Waals surface area (Å²) in [6.07, 6.45) is 4.44. The average molecular weight is 243 g/mol. The van der Waals surface area contributed by atoms with E-state index in [0.29, 0.717) is 12.5 Å². The quantitative estimate of drug-likeness (QED) is 0.583. The zero-order chi connectivity index (χ0) is 13.1. The van der Waals surface area contributed by atoms with E-state index in [0.717, 1.165) is 19.3 Å². The van der Waals surface area contributed by atoms with Gasteiger partial charge < -0.3 is 4.79 Å². The van der Waals surface area contributed by atoms with Gasteiger partial charge >= 0.3 is 0 Å². The maximum Gasteiger partial charge on any atom is 0.120 e. The van der Waals surface area contributed by atoms with Gasteiger partial charge in [0.1, 0.15) is 6.29 Å². The molecule has 0 saturated carbocycles. The molecule has 2 rings (SSSR count). The summed E-state index contributed by atoms with van der Waals surface area (Å²) < 4.78 is 0. The van der Waals surface area contributed by atoms with E-state index in [-0.39, 0.29) is 6.04 Å². The number of carbonyl (C=O) groups excluding carboxylic acids is 1. The molecule has 0 aromatic heterocycles. The molecule has 0 N–H and O–H groups in total. The average Bonchev–Trinajstić information content (AvgIpc) is 2.67. The zero-order valence-electron chi connectivity index (χ0n) is 11.2. The van der Waals surface area contributed by atoms with Crippen LogP contribution in [0.2, 0.25) is 0 Å². The Morgan fingerprint density at radius 3 is 3.00 bits per heavy atom. The number of fused-ring (bicyclic) bond motifs is 1. The van der Waals surface area contributed by atoms with Crippen LogP contribution in [0, 0.1) is 6.92 Å². The molecule has 2 unspecified atom stereocenters. The normalized spacial score (nSPS) is 20.4. The lowest BCUT2D eigenvalue weighted by Crippen LogP contribution is -2.31. The molecule has 2 heteroatoms. The minimum atomic E-state index is 0.290. The Morgan fingerprint density at radius 2 is 2.33 bits per heavy atom. The zero-order valence-corrected chi connectivity index (χ0v) is 11.2. The summed E-state index contributed by atoms with van der Waals surface area (Å²) in [6, 6.07) is 7.38. The van der Waals surface area contributed by atoms with Gasteiger partial charge in [0.25, 0.3) is 0 Å². The lowest BCUT2D eigenvalue weighted by atomic mass is 10.0. The lowest BCUT2D eigenvalue weighted by molar-refractivity contribution is -0.108. The molecule has 1 heterocycles. The molecule has 0 bridgehead atoms. The molecule has 1 aromatic carbocycles. The predicted octanol–water partition coefficient (Wildman–Crippen LogP) is 3.41. The predicted molar refractivity (Wildman–Crippen MR) is 74.4 cm³/mol. The number of hydrogen-bond acceptors (Lipinski definition) is 2. The number of benzene rings is 1. The Kier molecular flexibility index (Phi) is 3.97. The van der Waals surface area contributed by atoms with E-state index in [2.05, 4.69) is 43.5 Å². The van der Waals surface area contributed by atoms with Crippen molar-refractivity contribution in [1.29, 1.82) is 0 Å². The van der Waals surface area contributed by atoms with Crippen LogP contribution in [0.25, 0.3) is 0 Å². The molecule has 1 aromatic rings. The molecule has 0 fully saturated rings. The second-order valence-corrected chi connectivity index (χ2v) is 5.10. The van der Waals surface area contributed by atoms with Crippen molar-refractivity contribution in [3.05, 3.63) is 47.5 Å². The molecule has 96 valence electrons. The van der Waals surface area contributed by atoms with E-state index in [4.69, 9.17) is 0 Å². The van der Waals surface area contributed by atoms with Crippen LogP contribution in [0.5, 0.6) is 0 Å². The summed E-state index contributed by atoms with van der Waals surface area (Å²) >= 11 is 0. The van der Waals surface area contributed by atoms with Gasteiger partial charge in [0.2, 0.25) is 0 Å². The number of aldehydes is 1. The van der Waals surface area contributed by atoms with Gasteiger partial charge in [-0.1, -0.05) is 29.8 Å². The lowest BCUT2D eigenvalue weighted by Gasteiger charge is -2.29. The van der Waals surface area contributed by atoms with Crippen LogP contribution in [-0.2, 0) is 11.3 Å². The highest BCUT2D eigenvalue weighted by molar-refractivity contribution is 5.49. The standard InChI is InChI=1S/C16H21NO/c1-4-15(6-5-9-18)17-11-14-10-12(2)7-8-16(14)13(17)3/h4,7-10,13,15H,1,5-6,11H2,2-3H3. The second kappa shape index (κ2) is 5.49. The highest BCUT2D eigenvalue weighted by Crippen LogP contribution is 2.36. The fraction of sp³-hybridized carbons (Fsp3) is 0.438. The molecule has 2 nitrogen and oxygen atoms in total. The summed E-state index contributed by atoms with van der Waals surface area (Å²) in [7, 11) is 0. The minimum Gasteiger partial charge on any atom is -0.303 e. The van der Waals surface area contributed by atoms with E-state index in [1.165, 1.54) is 16.7 Å². The molecule has 1 aliphatic heterocycles. The molecule has 0 radical (unpaired) electrons. The first-order valence-corrected chi connectivity index (χ1v) is 6.58. The van der Waals surface area contributed by atoms with Gasteiger partial charge in [-0.05, 0) is 31.4 Å². The largest absolute Gasteiger partial charge is 0.303 e. The molecule has 0 spiro atoms. The van der Waals surface area contributed by atoms with Crippen molar-refractivity contribution in [1.82, 2.24) is 4.90 Å². The molecule has 2 atom stereocenters. The van der Waals surface area contributed by atoms with Crippen molar-refractivity contribution in [3.8, 4) is 0 Å². The Bertz CT molecular complexity index is 452. The van der Waals surface area contributed by atoms with Crippen LogP contribution in [0.15, 0.2) is 30.9 Å². The van der Waals surface area contributed by atoms with E-state index in [9.17, 15) is 4.79 Å². The number of rotatable bonds is 5. The highest BCUT2D eigenvalue weighted by atomic mass is 16.1. The Morgan fingerprint density at radius 1 is 1.56 bits per heavy atom. The molecule has 0 aliphatic carbocycles. The van der Waals surface area contributed by atoms with E-state index in [1.54, 1.807) is 0 Å². The van der Waals surface area contributed by atoms with Crippen LogP contribution in [0.4, 0.5) is 0 Å². The first-order valence-electron chi connectivity index (χ1n) is 6.58. The van der Waals surface area contributed by atoms with Crippen molar-refractivity contribution >= 4 is 6.29 Å². The van der Waals surface area contributed by atoms with Crippen LogP contribution in [0.1, 0.15) is 42.5 Å². The summed E-state index contributed by atoms with van der Waals surface area (Å²) in [5.74, 6) is 0. The summed E-state index contributed by atoms with van der Waals surface area (Å²) in [5.41, 5.74) is 4.14. The Labute approximate surface area is 109 Å². The van der Waals surface area contributed by atoms with Crippen LogP contribution in [-0.4, -0.2) is 17.2 Å². The number of hydrogen-bond donors (Lipinski definition) is 0. The van der Waals surface area contributed by atoms with Gasteiger partial charge in [-0.2, -0.15) is 0 Å². The number of nitrogens with zero attached hydrogens (tertiary/aromatic N) is 1. The van der Waals surface area contributed by atoms with Gasteiger partial charge in [0.05, 0.1) is 0 Å². The van der Waals surface area contributed by atoms with Gasteiger partial charge in [0.15, 0.2) is 0 Å². The fourth-order valence-corrected chi connectivity index (χ4v) is 2.85. The number of aryl methyl sites for hydroxylation is 1. The van der Waals surface area contributed by atoms with Gasteiger partial charge in [-0.3, -0.25) is 4.90 Å². The Hall–Kier alpha value is -1.41. The third-order valence-electron chi connectivity index (χ3n) is 3.88. The molecule has 0 saturated heterocycles. The number of carbonyl (C=O) groups is 1. The third-order valence-corrected chi connectivity index (χ3v) is 3.88. The van der Waals surface area contributed by atoms with E-state index < -0.39 is 0 Å². The molecule has 0 amide bonds. The van der Waals surface area contributed by atoms with Gasteiger partial charge in [-0.15, -0.1) is 6.58 Å². The first kappa shape index (κ1) is 13.0. The van der Waals surface area contributed by atoms with Gasteiger partial charge in [0, 0.05) is 25.0 Å². The Balaban J connectivity index is 2.18. The molecular formula is C16H21NO. The van der Waals surface area contributed by atoms with E-state index in [1.807, 2.05) is 6.08 Å². The highest BCUT2D eigenvalue weighted by Gasteiger charge is 2.30. The van der Waals surface area contributed by atoms with Crippen molar-refractivity contribution < 1.29 is 4.79 Å². The van der Waals surface area contributed by atoms with Crippen LogP contribution < -0.4 is 0 Å². The SMILES string of the molecule is C=CC(CCC=O)N1Cc2cc(C)ccc2C1C. The van der Waals surface area contributed by atoms with Crippen LogP contribution in [0.3, 0.4) is 0 Å². The van der Waals surface area contributed by atoms with Crippen molar-refractivity contribution in [2.75, 3.05) is 0 Å². The molecular weight excluding hydrogens is 222 g/mol. The summed E-state index contributed by atoms with van der Waals surface area (Å²) in [6.45, 7) is 9.25. The van der Waals surface area contributed by atoms with Gasteiger partial charge in [-0.25, -0.2) is 0 Å². The molecule has 18 heavy (non-hydrogen) atoms. The van der Waals surface area contributed by atoms with E-state index >= 15 is 0 Å². The monoisotopic (exact) mass is 243 g/mol. The summed E-state index contributed by atoms with van der Waals surface area (Å²) in [5, 5.41) is 0. The molecule has 1 aliphatic rings. The first-order chi connectivity index (χ1) is 8.67. The smallest absolute Gasteiger partial charge is 0.120 e. The van der Waals surface area contributed by atoms with Crippen molar-refractivity contribution in [2.24, 2.45) is 0 Å². The minimum absolute atomic E-state index is 0.290. The third kappa shape index (κ3) is 2.39.